The lowest BCUT2D eigenvalue weighted by Gasteiger charge is -2.43. The quantitative estimate of drug-likeness (QED) is 0.103. The fraction of sp³-hybridized carbons (Fsp3) is 0.540. The van der Waals surface area contributed by atoms with Crippen LogP contribution in [0.5, 0.6) is 5.75 Å². The number of imide groups is 1. The topological polar surface area (TPSA) is 213 Å². The van der Waals surface area contributed by atoms with Crippen LogP contribution in [0.1, 0.15) is 109 Å². The van der Waals surface area contributed by atoms with Gasteiger partial charge in [-0.3, -0.25) is 39.0 Å². The van der Waals surface area contributed by atoms with Crippen molar-refractivity contribution in [1.29, 1.82) is 0 Å². The first kappa shape index (κ1) is 49.0. The Bertz CT molecular complexity index is 2450. The Morgan fingerprint density at radius 2 is 1.75 bits per heavy atom. The Hall–Kier alpha value is -6.47. The molecular formula is C50H63N9O10. The molecular weight excluding hydrogens is 887 g/mol. The minimum atomic E-state index is -0.790. The van der Waals surface area contributed by atoms with Gasteiger partial charge >= 0.3 is 6.09 Å². The molecule has 19 nitrogen and oxygen atoms in total. The average molecular weight is 950 g/mol. The van der Waals surface area contributed by atoms with Gasteiger partial charge in [-0.05, 0) is 75.7 Å². The van der Waals surface area contributed by atoms with Gasteiger partial charge in [-0.15, -0.1) is 0 Å². The second kappa shape index (κ2) is 21.9. The zero-order valence-electron chi connectivity index (χ0n) is 40.0. The van der Waals surface area contributed by atoms with E-state index in [2.05, 4.69) is 32.3 Å². The van der Waals surface area contributed by atoms with Crippen molar-refractivity contribution in [1.82, 2.24) is 30.0 Å². The molecule has 0 spiro atoms. The van der Waals surface area contributed by atoms with Crippen molar-refractivity contribution in [3.8, 4) is 5.75 Å². The molecule has 1 aliphatic carbocycles. The van der Waals surface area contributed by atoms with Crippen LogP contribution in [0, 0.1) is 5.92 Å². The highest BCUT2D eigenvalue weighted by molar-refractivity contribution is 6.07. The molecule has 1 aromatic heterocycles. The lowest BCUT2D eigenvalue weighted by atomic mass is 9.89. The van der Waals surface area contributed by atoms with Crippen LogP contribution < -0.4 is 25.2 Å². The molecule has 2 N–H and O–H groups in total. The largest absolute Gasteiger partial charge is 0.496 e. The molecule has 368 valence electrons. The van der Waals surface area contributed by atoms with E-state index in [1.165, 1.54) is 16.9 Å². The number of Topliss-reactive ketones (excluding diaryl/α,β-unsaturated/α-hetero) is 1. The third-order valence-electron chi connectivity index (χ3n) is 14.3. The molecule has 5 aliphatic rings. The van der Waals surface area contributed by atoms with Gasteiger partial charge in [-0.25, -0.2) is 14.8 Å². The summed E-state index contributed by atoms with van der Waals surface area (Å²) in [6.45, 7) is 4.82. The van der Waals surface area contributed by atoms with E-state index in [1.807, 2.05) is 18.2 Å². The number of amides is 6. The number of hydrogen-bond donors (Lipinski definition) is 2. The van der Waals surface area contributed by atoms with Crippen molar-refractivity contribution in [3.05, 3.63) is 70.7 Å². The summed E-state index contributed by atoms with van der Waals surface area (Å²) in [6.07, 6.45) is 9.08. The first-order valence-electron chi connectivity index (χ1n) is 24.2. The molecule has 0 bridgehead atoms. The maximum atomic E-state index is 13.6. The van der Waals surface area contributed by atoms with Crippen LogP contribution in [0.3, 0.4) is 0 Å². The van der Waals surface area contributed by atoms with Crippen LogP contribution in [-0.2, 0) is 41.6 Å². The number of nitrogens with zero attached hydrogens (tertiary/aromatic N) is 7. The number of carbonyl (C=O) groups is 7. The normalized spacial score (nSPS) is 19.9. The zero-order valence-corrected chi connectivity index (χ0v) is 40.0. The molecule has 19 heteroatoms. The first-order chi connectivity index (χ1) is 33.4. The van der Waals surface area contributed by atoms with Gasteiger partial charge in [-0.2, -0.15) is 0 Å². The van der Waals surface area contributed by atoms with Gasteiger partial charge in [-0.1, -0.05) is 38.0 Å². The van der Waals surface area contributed by atoms with E-state index in [9.17, 15) is 33.6 Å². The minimum Gasteiger partial charge on any atom is -0.496 e. The number of benzene rings is 2. The summed E-state index contributed by atoms with van der Waals surface area (Å²) in [5.41, 5.74) is 3.51. The fourth-order valence-electron chi connectivity index (χ4n) is 10.4. The molecule has 0 radical (unpaired) electrons. The van der Waals surface area contributed by atoms with Crippen LogP contribution >= 0.6 is 0 Å². The van der Waals surface area contributed by atoms with Gasteiger partial charge < -0.3 is 39.1 Å². The Morgan fingerprint density at radius 1 is 0.971 bits per heavy atom. The van der Waals surface area contributed by atoms with Crippen molar-refractivity contribution in [3.63, 3.8) is 0 Å². The number of ether oxygens (including phenoxy) is 3. The number of likely N-dealkylation sites (tertiary alicyclic amines) is 1. The van der Waals surface area contributed by atoms with Crippen molar-refractivity contribution in [2.75, 3.05) is 82.3 Å². The number of methoxy groups -OCH3 is 2. The molecule has 1 saturated carbocycles. The highest BCUT2D eigenvalue weighted by Gasteiger charge is 2.42. The smallest absolute Gasteiger partial charge is 0.410 e. The third kappa shape index (κ3) is 10.9. The molecule has 3 aromatic rings. The number of anilines is 3. The lowest BCUT2D eigenvalue weighted by Crippen LogP contribution is -2.55. The summed E-state index contributed by atoms with van der Waals surface area (Å²) in [4.78, 5) is 109. The standard InChI is InChI=1S/C50H63N9O10/c1-5-38-49(65)55(2)40-28-51-43(53-46(40)59(38)34-9-6-7-10-34)27-33-14-13-32(26-42(33)67-3)41(60)25-31-17-19-56(20-18-31)21-23-69-24-22-57(50(66)68-4)30-45(62)52-37-12-8-11-35-36(37)29-58(48(35)64)39-15-16-44(61)54-47(39)63/h8,11-14,26,28,31,34,38-39H,5-7,9-10,15-25,27,29-30H2,1-4H3,(H,52,62)(H,54,61,63)/t38-,39?/m1/s1. The van der Waals surface area contributed by atoms with Crippen LogP contribution in [0.25, 0.3) is 0 Å². The number of rotatable bonds is 18. The van der Waals surface area contributed by atoms with Gasteiger partial charge in [0.2, 0.25) is 23.6 Å². The number of aromatic nitrogens is 2. The van der Waals surface area contributed by atoms with Gasteiger partial charge in [0, 0.05) is 79.9 Å². The van der Waals surface area contributed by atoms with E-state index < -0.39 is 23.9 Å². The van der Waals surface area contributed by atoms with E-state index >= 15 is 0 Å². The Labute approximate surface area is 402 Å². The molecule has 6 amide bonds. The van der Waals surface area contributed by atoms with E-state index in [1.54, 1.807) is 43.5 Å². The summed E-state index contributed by atoms with van der Waals surface area (Å²) in [7, 11) is 4.64. The van der Waals surface area contributed by atoms with Crippen LogP contribution in [-0.4, -0.2) is 151 Å². The van der Waals surface area contributed by atoms with Crippen molar-refractivity contribution < 1.29 is 47.8 Å². The second-order valence-electron chi connectivity index (χ2n) is 18.6. The van der Waals surface area contributed by atoms with Crippen molar-refractivity contribution >= 4 is 58.6 Å². The molecule has 2 saturated heterocycles. The van der Waals surface area contributed by atoms with Gasteiger partial charge in [0.25, 0.3) is 5.91 Å². The summed E-state index contributed by atoms with van der Waals surface area (Å²) >= 11 is 0. The number of piperidine rings is 2. The first-order valence-corrected chi connectivity index (χ1v) is 24.2. The highest BCUT2D eigenvalue weighted by Crippen LogP contribution is 2.40. The number of fused-ring (bicyclic) bond motifs is 2. The molecule has 3 fully saturated rings. The predicted molar refractivity (Wildman–Crippen MR) is 254 cm³/mol. The molecule has 2 atom stereocenters. The monoisotopic (exact) mass is 949 g/mol. The van der Waals surface area contributed by atoms with Crippen LogP contribution in [0.15, 0.2) is 42.6 Å². The average Bonchev–Trinajstić information content (AvgIpc) is 4.01. The summed E-state index contributed by atoms with van der Waals surface area (Å²) in [6, 6.07) is 9.77. The van der Waals surface area contributed by atoms with Crippen molar-refractivity contribution in [2.45, 2.75) is 102 Å². The van der Waals surface area contributed by atoms with Gasteiger partial charge in [0.05, 0.1) is 33.6 Å². The zero-order chi connectivity index (χ0) is 48.8. The second-order valence-corrected chi connectivity index (χ2v) is 18.6. The van der Waals surface area contributed by atoms with E-state index in [0.717, 1.165) is 68.7 Å². The minimum absolute atomic E-state index is 0.0697. The summed E-state index contributed by atoms with van der Waals surface area (Å²) < 4.78 is 16.6. The van der Waals surface area contributed by atoms with Crippen LogP contribution in [0.4, 0.5) is 22.0 Å². The summed E-state index contributed by atoms with van der Waals surface area (Å²) in [5, 5.41) is 5.10. The SMILES string of the molecule is CC[C@@H]1C(=O)N(C)c2cnc(Cc3ccc(C(=O)CC4CCN(CCOCCN(CC(=O)Nc5cccc6c5CN(C5CCC(=O)NC5=O)C6=O)C(=O)OC)CC4)cc3OC)nc2N1C1CCCC1. The Kier molecular flexibility index (Phi) is 15.5. The van der Waals surface area contributed by atoms with Gasteiger partial charge in [0.1, 0.15) is 35.9 Å². The highest BCUT2D eigenvalue weighted by atomic mass is 16.5. The number of nitrogens with one attached hydrogen (secondary N) is 2. The number of ketones is 1. The number of hydrogen-bond acceptors (Lipinski definition) is 14. The molecule has 4 aliphatic heterocycles. The molecule has 1 unspecified atom stereocenters. The van der Waals surface area contributed by atoms with Crippen LogP contribution in [0.2, 0.25) is 0 Å². The molecule has 2 aromatic carbocycles. The Balaban J connectivity index is 0.770. The van der Waals surface area contributed by atoms with E-state index in [4.69, 9.17) is 19.2 Å². The predicted octanol–water partition coefficient (Wildman–Crippen LogP) is 4.35. The van der Waals surface area contributed by atoms with Crippen molar-refractivity contribution in [2.24, 2.45) is 5.92 Å². The third-order valence-corrected chi connectivity index (χ3v) is 14.3. The van der Waals surface area contributed by atoms with E-state index in [0.29, 0.717) is 66.4 Å². The number of likely N-dealkylation sites (N-methyl/N-ethyl adjacent to an activating group) is 1. The maximum Gasteiger partial charge on any atom is 0.410 e. The fourth-order valence-corrected chi connectivity index (χ4v) is 10.4. The Morgan fingerprint density at radius 3 is 2.48 bits per heavy atom. The summed E-state index contributed by atoms with van der Waals surface area (Å²) in [5.74, 6) is 0.677. The maximum absolute atomic E-state index is 13.6. The van der Waals surface area contributed by atoms with E-state index in [-0.39, 0.29) is 80.6 Å². The lowest BCUT2D eigenvalue weighted by molar-refractivity contribution is -0.137. The molecule has 69 heavy (non-hydrogen) atoms. The molecule has 5 heterocycles. The molecule has 8 rings (SSSR count). The number of carbonyl (C=O) groups excluding carboxylic acids is 7. The van der Waals surface area contributed by atoms with Gasteiger partial charge in [0.15, 0.2) is 11.6 Å².